The van der Waals surface area contributed by atoms with E-state index in [9.17, 15) is 21.6 Å². The van der Waals surface area contributed by atoms with Crippen LogP contribution in [-0.2, 0) is 31.4 Å². The van der Waals surface area contributed by atoms with Gasteiger partial charge in [-0.15, -0.1) is 0 Å². The third-order valence-electron chi connectivity index (χ3n) is 4.82. The van der Waals surface area contributed by atoms with Crippen molar-refractivity contribution in [2.24, 2.45) is 0 Å². The van der Waals surface area contributed by atoms with E-state index in [4.69, 9.17) is 0 Å². The standard InChI is InChI=1S/C20H24N2O5S2/c1-15(2)21(14-17-7-5-4-6-8-17)29(26,27)19-10-9-18(13-16(19)3)22-20(23)11-12-28(22,24)25/h4-10,13,15H,11-12,14H2,1-3H3. The van der Waals surface area contributed by atoms with Crippen LogP contribution in [0.15, 0.2) is 53.4 Å². The molecule has 0 N–H and O–H groups in total. The van der Waals surface area contributed by atoms with E-state index in [0.29, 0.717) is 5.56 Å². The Kier molecular flexibility index (Phi) is 5.84. The Hall–Kier alpha value is -2.23. The lowest BCUT2D eigenvalue weighted by atomic mass is 10.2. The van der Waals surface area contributed by atoms with Crippen LogP contribution < -0.4 is 4.31 Å². The van der Waals surface area contributed by atoms with Crippen molar-refractivity contribution in [1.82, 2.24) is 4.31 Å². The molecule has 7 nitrogen and oxygen atoms in total. The van der Waals surface area contributed by atoms with Gasteiger partial charge in [0.1, 0.15) is 0 Å². The molecule has 0 aliphatic carbocycles. The fraction of sp³-hybridized carbons (Fsp3) is 0.350. The first-order valence-electron chi connectivity index (χ1n) is 9.26. The summed E-state index contributed by atoms with van der Waals surface area (Å²) in [6.45, 7) is 5.44. The third-order valence-corrected chi connectivity index (χ3v) is 8.69. The fourth-order valence-electron chi connectivity index (χ4n) is 3.35. The third kappa shape index (κ3) is 4.22. The maximum Gasteiger partial charge on any atom is 0.243 e. The molecule has 0 spiro atoms. The van der Waals surface area contributed by atoms with Gasteiger partial charge < -0.3 is 0 Å². The maximum absolute atomic E-state index is 13.4. The maximum atomic E-state index is 13.4. The van der Waals surface area contributed by atoms with E-state index in [-0.39, 0.29) is 35.3 Å². The number of sulfonamides is 2. The summed E-state index contributed by atoms with van der Waals surface area (Å²) in [7, 11) is -7.53. The minimum atomic E-state index is -3.83. The minimum absolute atomic E-state index is 0.0698. The van der Waals surface area contributed by atoms with Gasteiger partial charge in [-0.3, -0.25) is 4.79 Å². The van der Waals surface area contributed by atoms with Gasteiger partial charge >= 0.3 is 0 Å². The monoisotopic (exact) mass is 436 g/mol. The summed E-state index contributed by atoms with van der Waals surface area (Å²) in [5, 5.41) is 0. The lowest BCUT2D eigenvalue weighted by Crippen LogP contribution is -2.36. The molecular formula is C20H24N2O5S2. The van der Waals surface area contributed by atoms with Crippen LogP contribution in [0.2, 0.25) is 0 Å². The lowest BCUT2D eigenvalue weighted by Gasteiger charge is -2.27. The largest absolute Gasteiger partial charge is 0.273 e. The predicted octanol–water partition coefficient (Wildman–Crippen LogP) is 2.66. The molecule has 3 rings (SSSR count). The number of hydrogen-bond donors (Lipinski definition) is 0. The predicted molar refractivity (Wildman–Crippen MR) is 111 cm³/mol. The lowest BCUT2D eigenvalue weighted by molar-refractivity contribution is -0.116. The highest BCUT2D eigenvalue weighted by molar-refractivity contribution is 7.94. The Morgan fingerprint density at radius 2 is 1.76 bits per heavy atom. The Morgan fingerprint density at radius 1 is 1.10 bits per heavy atom. The van der Waals surface area contributed by atoms with Gasteiger partial charge in [-0.1, -0.05) is 30.3 Å². The van der Waals surface area contributed by atoms with Crippen molar-refractivity contribution in [3.63, 3.8) is 0 Å². The summed E-state index contributed by atoms with van der Waals surface area (Å²) < 4.78 is 53.2. The van der Waals surface area contributed by atoms with Crippen LogP contribution in [-0.4, -0.2) is 38.8 Å². The first-order valence-corrected chi connectivity index (χ1v) is 12.3. The van der Waals surface area contributed by atoms with Crippen LogP contribution in [0.4, 0.5) is 5.69 Å². The van der Waals surface area contributed by atoms with Gasteiger partial charge in [0.25, 0.3) is 0 Å². The van der Waals surface area contributed by atoms with Crippen molar-refractivity contribution in [2.45, 2.75) is 44.7 Å². The van der Waals surface area contributed by atoms with Crippen LogP contribution in [0.3, 0.4) is 0 Å². The molecule has 0 radical (unpaired) electrons. The molecule has 2 aromatic carbocycles. The highest BCUT2D eigenvalue weighted by Crippen LogP contribution is 2.30. The van der Waals surface area contributed by atoms with Crippen molar-refractivity contribution in [2.75, 3.05) is 10.1 Å². The quantitative estimate of drug-likeness (QED) is 0.694. The first-order chi connectivity index (χ1) is 13.5. The molecule has 1 aliphatic heterocycles. The smallest absolute Gasteiger partial charge is 0.243 e. The van der Waals surface area contributed by atoms with Crippen molar-refractivity contribution in [3.05, 3.63) is 59.7 Å². The van der Waals surface area contributed by atoms with Crippen LogP contribution >= 0.6 is 0 Å². The zero-order valence-electron chi connectivity index (χ0n) is 16.6. The molecule has 0 atom stereocenters. The summed E-state index contributed by atoms with van der Waals surface area (Å²) in [6, 6.07) is 13.2. The molecule has 9 heteroatoms. The normalized spacial score (nSPS) is 16.7. The average Bonchev–Trinajstić information content (AvgIpc) is 2.92. The topological polar surface area (TPSA) is 91.8 Å². The van der Waals surface area contributed by atoms with E-state index in [2.05, 4.69) is 0 Å². The molecule has 1 heterocycles. The molecular weight excluding hydrogens is 412 g/mol. The van der Waals surface area contributed by atoms with Crippen LogP contribution in [0.5, 0.6) is 0 Å². The molecule has 0 aromatic heterocycles. The Balaban J connectivity index is 1.99. The molecule has 1 aliphatic rings. The molecule has 0 saturated carbocycles. The van der Waals surface area contributed by atoms with Crippen molar-refractivity contribution in [3.8, 4) is 0 Å². The number of hydrogen-bond acceptors (Lipinski definition) is 5. The highest BCUT2D eigenvalue weighted by Gasteiger charge is 2.37. The molecule has 0 unspecified atom stereocenters. The van der Waals surface area contributed by atoms with Gasteiger partial charge in [-0.2, -0.15) is 4.31 Å². The SMILES string of the molecule is Cc1cc(N2C(=O)CCS2(=O)=O)ccc1S(=O)(=O)N(Cc1ccccc1)C(C)C. The van der Waals surface area contributed by atoms with E-state index in [1.807, 2.05) is 30.3 Å². The molecule has 2 aromatic rings. The number of amides is 1. The van der Waals surface area contributed by atoms with E-state index >= 15 is 0 Å². The van der Waals surface area contributed by atoms with Gasteiger partial charge in [0.15, 0.2) is 0 Å². The van der Waals surface area contributed by atoms with E-state index in [1.165, 1.54) is 22.5 Å². The molecule has 0 bridgehead atoms. The molecule has 1 amide bonds. The first kappa shape index (κ1) is 21.5. The average molecular weight is 437 g/mol. The van der Waals surface area contributed by atoms with E-state index < -0.39 is 26.0 Å². The van der Waals surface area contributed by atoms with Crippen LogP contribution in [0.1, 0.15) is 31.4 Å². The Bertz CT molecular complexity index is 1130. The second kappa shape index (κ2) is 7.89. The zero-order valence-corrected chi connectivity index (χ0v) is 18.2. The highest BCUT2D eigenvalue weighted by atomic mass is 32.2. The second-order valence-electron chi connectivity index (χ2n) is 7.30. The van der Waals surface area contributed by atoms with Gasteiger partial charge in [-0.05, 0) is 50.1 Å². The number of carbonyl (C=O) groups excluding carboxylic acids is 1. The van der Waals surface area contributed by atoms with Gasteiger partial charge in [0, 0.05) is 19.0 Å². The molecule has 1 fully saturated rings. The number of benzene rings is 2. The molecule has 1 saturated heterocycles. The minimum Gasteiger partial charge on any atom is -0.273 e. The van der Waals surface area contributed by atoms with Crippen molar-refractivity contribution in [1.29, 1.82) is 0 Å². The summed E-state index contributed by atoms with van der Waals surface area (Å²) >= 11 is 0. The van der Waals surface area contributed by atoms with Gasteiger partial charge in [0.2, 0.25) is 26.0 Å². The number of carbonyl (C=O) groups is 1. The fourth-order valence-corrected chi connectivity index (χ4v) is 6.64. The number of nitrogens with zero attached hydrogens (tertiary/aromatic N) is 2. The second-order valence-corrected chi connectivity index (χ2v) is 11.1. The summed E-state index contributed by atoms with van der Waals surface area (Å²) in [6.07, 6.45) is -0.0698. The van der Waals surface area contributed by atoms with Crippen molar-refractivity contribution >= 4 is 31.6 Å². The number of aryl methyl sites for hydroxylation is 1. The van der Waals surface area contributed by atoms with Crippen LogP contribution in [0, 0.1) is 6.92 Å². The van der Waals surface area contributed by atoms with Crippen molar-refractivity contribution < 1.29 is 21.6 Å². The number of rotatable bonds is 6. The Labute approximate surface area is 172 Å². The van der Waals surface area contributed by atoms with Gasteiger partial charge in [0.05, 0.1) is 16.3 Å². The summed E-state index contributed by atoms with van der Waals surface area (Å²) in [5.74, 6) is -0.740. The summed E-state index contributed by atoms with van der Waals surface area (Å²) in [4.78, 5) is 12.1. The number of anilines is 1. The van der Waals surface area contributed by atoms with Gasteiger partial charge in [-0.25, -0.2) is 21.1 Å². The Morgan fingerprint density at radius 3 is 2.28 bits per heavy atom. The molecule has 156 valence electrons. The van der Waals surface area contributed by atoms with E-state index in [1.54, 1.807) is 20.8 Å². The van der Waals surface area contributed by atoms with E-state index in [0.717, 1.165) is 9.87 Å². The zero-order chi connectivity index (χ0) is 21.4. The molecule has 29 heavy (non-hydrogen) atoms. The van der Waals surface area contributed by atoms with Crippen LogP contribution in [0.25, 0.3) is 0 Å². The summed E-state index contributed by atoms with van der Waals surface area (Å²) in [5.41, 5.74) is 1.42.